The van der Waals surface area contributed by atoms with Gasteiger partial charge < -0.3 is 10.3 Å². The Kier molecular flexibility index (Phi) is 2.13. The maximum Gasteiger partial charge on any atom is 0.107 e. The highest BCUT2D eigenvalue weighted by molar-refractivity contribution is 4.98. The zero-order valence-corrected chi connectivity index (χ0v) is 7.43. The minimum Gasteiger partial charge on any atom is -0.346 e. The number of nitrogens with zero attached hydrogens (tertiary/aromatic N) is 1. The van der Waals surface area contributed by atoms with E-state index in [0.717, 1.165) is 30.5 Å². The van der Waals surface area contributed by atoms with Crippen LogP contribution in [0.1, 0.15) is 24.4 Å². The van der Waals surface area contributed by atoms with Gasteiger partial charge in [0.05, 0.1) is 0 Å². The van der Waals surface area contributed by atoms with E-state index in [4.69, 9.17) is 0 Å². The standard InChI is InChI=1S/C9H15N3/c1-7-6-11-9(12-7)4-5-10-8-2-3-8/h6,8,10H,2-5H2,1H3,(H,11,12). The van der Waals surface area contributed by atoms with Crippen molar-refractivity contribution >= 4 is 0 Å². The molecule has 1 heterocycles. The maximum atomic E-state index is 4.24. The quantitative estimate of drug-likeness (QED) is 0.699. The molecule has 1 aliphatic carbocycles. The van der Waals surface area contributed by atoms with Gasteiger partial charge in [-0.15, -0.1) is 0 Å². The normalized spacial score (nSPS) is 16.8. The van der Waals surface area contributed by atoms with Crippen molar-refractivity contribution in [1.29, 1.82) is 0 Å². The molecule has 1 aromatic rings. The summed E-state index contributed by atoms with van der Waals surface area (Å²) in [6.07, 6.45) is 5.62. The predicted octanol–water partition coefficient (Wildman–Crippen LogP) is 1.01. The van der Waals surface area contributed by atoms with Gasteiger partial charge in [-0.2, -0.15) is 0 Å². The Morgan fingerprint density at radius 2 is 2.50 bits per heavy atom. The van der Waals surface area contributed by atoms with Gasteiger partial charge in [0.1, 0.15) is 5.82 Å². The molecule has 0 aliphatic heterocycles. The summed E-state index contributed by atoms with van der Waals surface area (Å²) < 4.78 is 0. The molecule has 0 saturated heterocycles. The number of rotatable bonds is 4. The lowest BCUT2D eigenvalue weighted by molar-refractivity contribution is 0.669. The van der Waals surface area contributed by atoms with Gasteiger partial charge in [-0.1, -0.05) is 0 Å². The van der Waals surface area contributed by atoms with Crippen molar-refractivity contribution in [2.45, 2.75) is 32.2 Å². The first-order valence-electron chi connectivity index (χ1n) is 4.58. The molecule has 0 unspecified atom stereocenters. The zero-order chi connectivity index (χ0) is 8.39. The van der Waals surface area contributed by atoms with E-state index in [9.17, 15) is 0 Å². The first-order valence-corrected chi connectivity index (χ1v) is 4.58. The maximum absolute atomic E-state index is 4.24. The van der Waals surface area contributed by atoms with Gasteiger partial charge in [0.15, 0.2) is 0 Å². The van der Waals surface area contributed by atoms with Crippen LogP contribution >= 0.6 is 0 Å². The third kappa shape index (κ3) is 2.08. The Morgan fingerprint density at radius 1 is 1.67 bits per heavy atom. The fourth-order valence-electron chi connectivity index (χ4n) is 1.28. The van der Waals surface area contributed by atoms with Crippen molar-refractivity contribution in [2.75, 3.05) is 6.54 Å². The van der Waals surface area contributed by atoms with Crippen LogP contribution in [-0.2, 0) is 6.42 Å². The van der Waals surface area contributed by atoms with Crippen molar-refractivity contribution in [3.8, 4) is 0 Å². The van der Waals surface area contributed by atoms with Gasteiger partial charge >= 0.3 is 0 Å². The second-order valence-electron chi connectivity index (χ2n) is 3.49. The monoisotopic (exact) mass is 165 g/mol. The molecule has 0 spiro atoms. The second-order valence-corrected chi connectivity index (χ2v) is 3.49. The van der Waals surface area contributed by atoms with Crippen LogP contribution in [0.15, 0.2) is 6.20 Å². The third-order valence-corrected chi connectivity index (χ3v) is 2.13. The summed E-state index contributed by atoms with van der Waals surface area (Å²) in [5.41, 5.74) is 1.15. The number of aryl methyl sites for hydroxylation is 1. The molecule has 2 N–H and O–H groups in total. The van der Waals surface area contributed by atoms with Crippen LogP contribution in [0, 0.1) is 6.92 Å². The molecule has 0 amide bonds. The molecule has 0 radical (unpaired) electrons. The molecule has 66 valence electrons. The van der Waals surface area contributed by atoms with Crippen LogP contribution in [-0.4, -0.2) is 22.6 Å². The topological polar surface area (TPSA) is 40.7 Å². The van der Waals surface area contributed by atoms with Gasteiger partial charge in [-0.25, -0.2) is 4.98 Å². The SMILES string of the molecule is Cc1cnc(CCNC2CC2)[nH]1. The predicted molar refractivity (Wildman–Crippen MR) is 48.1 cm³/mol. The Morgan fingerprint density at radius 3 is 3.08 bits per heavy atom. The fraction of sp³-hybridized carbons (Fsp3) is 0.667. The van der Waals surface area contributed by atoms with Crippen molar-refractivity contribution < 1.29 is 0 Å². The van der Waals surface area contributed by atoms with E-state index in [1.165, 1.54) is 12.8 Å². The molecule has 0 aromatic carbocycles. The Hall–Kier alpha value is -0.830. The van der Waals surface area contributed by atoms with Crippen molar-refractivity contribution in [3.05, 3.63) is 17.7 Å². The van der Waals surface area contributed by atoms with E-state index in [2.05, 4.69) is 15.3 Å². The minimum absolute atomic E-state index is 0.807. The number of aromatic nitrogens is 2. The first-order chi connectivity index (χ1) is 5.84. The number of hydrogen-bond acceptors (Lipinski definition) is 2. The highest BCUT2D eigenvalue weighted by Crippen LogP contribution is 2.18. The summed E-state index contributed by atoms with van der Waals surface area (Å²) in [6, 6.07) is 0.807. The minimum atomic E-state index is 0.807. The summed E-state index contributed by atoms with van der Waals surface area (Å²) in [7, 11) is 0. The molecule has 3 heteroatoms. The summed E-state index contributed by atoms with van der Waals surface area (Å²) in [6.45, 7) is 3.09. The Balaban J connectivity index is 1.71. The van der Waals surface area contributed by atoms with Crippen molar-refractivity contribution in [1.82, 2.24) is 15.3 Å². The van der Waals surface area contributed by atoms with E-state index in [1.807, 2.05) is 13.1 Å². The molecule has 1 fully saturated rings. The number of hydrogen-bond donors (Lipinski definition) is 2. The summed E-state index contributed by atoms with van der Waals surface area (Å²) in [5, 5.41) is 3.45. The first kappa shape index (κ1) is 7.80. The zero-order valence-electron chi connectivity index (χ0n) is 7.43. The van der Waals surface area contributed by atoms with Crippen LogP contribution in [0.5, 0.6) is 0 Å². The van der Waals surface area contributed by atoms with Crippen LogP contribution in [0.2, 0.25) is 0 Å². The molecular weight excluding hydrogens is 150 g/mol. The largest absolute Gasteiger partial charge is 0.346 e. The van der Waals surface area contributed by atoms with E-state index < -0.39 is 0 Å². The summed E-state index contributed by atoms with van der Waals surface area (Å²) >= 11 is 0. The van der Waals surface area contributed by atoms with E-state index in [0.29, 0.717) is 0 Å². The fourth-order valence-corrected chi connectivity index (χ4v) is 1.28. The Bertz CT molecular complexity index is 250. The molecular formula is C9H15N3. The number of H-pyrrole nitrogens is 1. The van der Waals surface area contributed by atoms with Crippen LogP contribution in [0.3, 0.4) is 0 Å². The van der Waals surface area contributed by atoms with Crippen LogP contribution in [0.25, 0.3) is 0 Å². The highest BCUT2D eigenvalue weighted by atomic mass is 15.0. The molecule has 0 atom stereocenters. The van der Waals surface area contributed by atoms with E-state index in [-0.39, 0.29) is 0 Å². The average molecular weight is 165 g/mol. The van der Waals surface area contributed by atoms with Crippen LogP contribution in [0.4, 0.5) is 0 Å². The van der Waals surface area contributed by atoms with Gasteiger partial charge in [0.25, 0.3) is 0 Å². The number of nitrogens with one attached hydrogen (secondary N) is 2. The smallest absolute Gasteiger partial charge is 0.107 e. The number of imidazole rings is 1. The Labute approximate surface area is 72.6 Å². The molecule has 0 bridgehead atoms. The van der Waals surface area contributed by atoms with Gasteiger partial charge in [-0.05, 0) is 19.8 Å². The second kappa shape index (κ2) is 3.27. The summed E-state index contributed by atoms with van der Waals surface area (Å²) in [5.74, 6) is 1.10. The molecule has 12 heavy (non-hydrogen) atoms. The third-order valence-electron chi connectivity index (χ3n) is 2.13. The van der Waals surface area contributed by atoms with Gasteiger partial charge in [-0.3, -0.25) is 0 Å². The summed E-state index contributed by atoms with van der Waals surface area (Å²) in [4.78, 5) is 7.46. The van der Waals surface area contributed by atoms with E-state index in [1.54, 1.807) is 0 Å². The molecule has 2 rings (SSSR count). The average Bonchev–Trinajstić information content (AvgIpc) is 2.76. The lowest BCUT2D eigenvalue weighted by atomic mass is 10.4. The van der Waals surface area contributed by atoms with Gasteiger partial charge in [0.2, 0.25) is 0 Å². The van der Waals surface area contributed by atoms with E-state index >= 15 is 0 Å². The molecule has 3 nitrogen and oxygen atoms in total. The van der Waals surface area contributed by atoms with Crippen LogP contribution < -0.4 is 5.32 Å². The van der Waals surface area contributed by atoms with Crippen molar-refractivity contribution in [2.24, 2.45) is 0 Å². The molecule has 1 aliphatic rings. The lowest BCUT2D eigenvalue weighted by Gasteiger charge is -1.98. The van der Waals surface area contributed by atoms with Crippen molar-refractivity contribution in [3.63, 3.8) is 0 Å². The highest BCUT2D eigenvalue weighted by Gasteiger charge is 2.19. The van der Waals surface area contributed by atoms with Gasteiger partial charge in [0, 0.05) is 30.9 Å². The molecule has 1 saturated carbocycles. The molecule has 1 aromatic heterocycles. The number of aromatic amines is 1. The lowest BCUT2D eigenvalue weighted by Crippen LogP contribution is -2.19.